The van der Waals surface area contributed by atoms with Gasteiger partial charge >= 0.3 is 0 Å². The van der Waals surface area contributed by atoms with Gasteiger partial charge in [0.05, 0.1) is 6.10 Å². The highest BCUT2D eigenvalue weighted by atomic mass is 16.3. The van der Waals surface area contributed by atoms with Crippen molar-refractivity contribution in [3.8, 4) is 0 Å². The SMILES string of the molecule is CCCCCCCCC(O)CNc1c(C)cccc1C. The highest BCUT2D eigenvalue weighted by Gasteiger charge is 2.06. The first-order valence-electron chi connectivity index (χ1n) is 8.13. The number of aliphatic hydroxyl groups excluding tert-OH is 1. The summed E-state index contributed by atoms with van der Waals surface area (Å²) >= 11 is 0. The molecule has 1 atom stereocenters. The Hall–Kier alpha value is -1.02. The molecule has 1 aromatic carbocycles. The minimum Gasteiger partial charge on any atom is -0.391 e. The summed E-state index contributed by atoms with van der Waals surface area (Å²) in [6.45, 7) is 7.11. The molecule has 0 aromatic heterocycles. The number of aryl methyl sites for hydroxylation is 2. The largest absolute Gasteiger partial charge is 0.391 e. The highest BCUT2D eigenvalue weighted by molar-refractivity contribution is 5.56. The van der Waals surface area contributed by atoms with Crippen LogP contribution in [0.15, 0.2) is 18.2 Å². The summed E-state index contributed by atoms with van der Waals surface area (Å²) in [5.41, 5.74) is 3.67. The van der Waals surface area contributed by atoms with Crippen molar-refractivity contribution in [1.82, 2.24) is 0 Å². The van der Waals surface area contributed by atoms with Gasteiger partial charge in [-0.1, -0.05) is 63.6 Å². The number of anilines is 1. The van der Waals surface area contributed by atoms with Gasteiger partial charge in [-0.05, 0) is 31.4 Å². The van der Waals surface area contributed by atoms with Crippen LogP contribution < -0.4 is 5.32 Å². The predicted octanol–water partition coefficient (Wildman–Crippen LogP) is 4.83. The Balaban J connectivity index is 2.18. The first kappa shape index (κ1) is 17.0. The average Bonchev–Trinajstić information content (AvgIpc) is 2.42. The van der Waals surface area contributed by atoms with Gasteiger partial charge in [-0.3, -0.25) is 0 Å². The van der Waals surface area contributed by atoms with E-state index < -0.39 is 0 Å². The smallest absolute Gasteiger partial charge is 0.0712 e. The van der Waals surface area contributed by atoms with Crippen LogP contribution in [0.4, 0.5) is 5.69 Å². The first-order valence-corrected chi connectivity index (χ1v) is 8.13. The van der Waals surface area contributed by atoms with Gasteiger partial charge in [0.25, 0.3) is 0 Å². The summed E-state index contributed by atoms with van der Waals surface area (Å²) in [4.78, 5) is 0. The first-order chi connectivity index (χ1) is 9.65. The number of rotatable bonds is 10. The molecule has 2 N–H and O–H groups in total. The summed E-state index contributed by atoms with van der Waals surface area (Å²) in [5.74, 6) is 0. The fourth-order valence-electron chi connectivity index (χ4n) is 2.58. The molecule has 0 spiro atoms. The molecule has 0 aliphatic carbocycles. The summed E-state index contributed by atoms with van der Waals surface area (Å²) in [6, 6.07) is 6.29. The Morgan fingerprint density at radius 1 is 1.00 bits per heavy atom. The minimum absolute atomic E-state index is 0.236. The third-order valence-electron chi connectivity index (χ3n) is 3.89. The van der Waals surface area contributed by atoms with Gasteiger partial charge in [0.1, 0.15) is 0 Å². The third-order valence-corrected chi connectivity index (χ3v) is 3.89. The molecule has 0 fully saturated rings. The van der Waals surface area contributed by atoms with Crippen LogP contribution in [-0.2, 0) is 0 Å². The molecule has 2 nitrogen and oxygen atoms in total. The third kappa shape index (κ3) is 6.42. The molecular weight excluding hydrogens is 246 g/mol. The molecular formula is C18H31NO. The van der Waals surface area contributed by atoms with Crippen LogP contribution in [0.5, 0.6) is 0 Å². The lowest BCUT2D eigenvalue weighted by Crippen LogP contribution is -2.20. The van der Waals surface area contributed by atoms with Crippen molar-refractivity contribution in [1.29, 1.82) is 0 Å². The van der Waals surface area contributed by atoms with Gasteiger partial charge < -0.3 is 10.4 Å². The van der Waals surface area contributed by atoms with Gasteiger partial charge in [-0.2, -0.15) is 0 Å². The number of benzene rings is 1. The zero-order chi connectivity index (χ0) is 14.8. The van der Waals surface area contributed by atoms with E-state index in [4.69, 9.17) is 0 Å². The molecule has 0 heterocycles. The molecule has 1 aromatic rings. The van der Waals surface area contributed by atoms with Gasteiger partial charge in [-0.15, -0.1) is 0 Å². The average molecular weight is 277 g/mol. The predicted molar refractivity (Wildman–Crippen MR) is 88.4 cm³/mol. The van der Waals surface area contributed by atoms with E-state index in [-0.39, 0.29) is 6.10 Å². The van der Waals surface area contributed by atoms with Gasteiger partial charge in [0, 0.05) is 12.2 Å². The van der Waals surface area contributed by atoms with Crippen molar-refractivity contribution in [2.24, 2.45) is 0 Å². The van der Waals surface area contributed by atoms with E-state index in [9.17, 15) is 5.11 Å². The van der Waals surface area contributed by atoms with Crippen molar-refractivity contribution in [2.75, 3.05) is 11.9 Å². The van der Waals surface area contributed by atoms with E-state index >= 15 is 0 Å². The number of nitrogens with one attached hydrogen (secondary N) is 1. The molecule has 0 aliphatic heterocycles. The molecule has 2 heteroatoms. The van der Waals surface area contributed by atoms with Crippen LogP contribution in [0.1, 0.15) is 63.0 Å². The quantitative estimate of drug-likeness (QED) is 0.601. The van der Waals surface area contributed by atoms with Crippen LogP contribution >= 0.6 is 0 Å². The lowest BCUT2D eigenvalue weighted by molar-refractivity contribution is 0.173. The molecule has 1 unspecified atom stereocenters. The molecule has 0 bridgehead atoms. The molecule has 0 amide bonds. The second-order valence-electron chi connectivity index (χ2n) is 5.86. The van der Waals surface area contributed by atoms with E-state index in [0.717, 1.165) is 12.8 Å². The Labute approximate surface area is 124 Å². The second kappa shape index (κ2) is 9.82. The minimum atomic E-state index is -0.236. The van der Waals surface area contributed by atoms with E-state index in [1.165, 1.54) is 48.9 Å². The van der Waals surface area contributed by atoms with Gasteiger partial charge in [0.2, 0.25) is 0 Å². The van der Waals surface area contributed by atoms with Crippen LogP contribution in [0, 0.1) is 13.8 Å². The van der Waals surface area contributed by atoms with Crippen LogP contribution in [0.3, 0.4) is 0 Å². The fourth-order valence-corrected chi connectivity index (χ4v) is 2.58. The lowest BCUT2D eigenvalue weighted by Gasteiger charge is -2.16. The van der Waals surface area contributed by atoms with Crippen molar-refractivity contribution in [3.63, 3.8) is 0 Å². The maximum Gasteiger partial charge on any atom is 0.0712 e. The summed E-state index contributed by atoms with van der Waals surface area (Å²) in [5, 5.41) is 13.4. The van der Waals surface area contributed by atoms with Crippen LogP contribution in [0.25, 0.3) is 0 Å². The van der Waals surface area contributed by atoms with Gasteiger partial charge in [0.15, 0.2) is 0 Å². The van der Waals surface area contributed by atoms with Crippen molar-refractivity contribution >= 4 is 5.69 Å². The highest BCUT2D eigenvalue weighted by Crippen LogP contribution is 2.19. The van der Waals surface area contributed by atoms with Crippen molar-refractivity contribution in [3.05, 3.63) is 29.3 Å². The Morgan fingerprint density at radius 2 is 1.60 bits per heavy atom. The molecule has 0 saturated heterocycles. The maximum absolute atomic E-state index is 10.0. The topological polar surface area (TPSA) is 32.3 Å². The standard InChI is InChI=1S/C18H31NO/c1-4-5-6-7-8-9-13-17(20)14-19-18-15(2)11-10-12-16(18)3/h10-12,17,19-20H,4-9,13-14H2,1-3H3. The number of aliphatic hydroxyl groups is 1. The summed E-state index contributed by atoms with van der Waals surface area (Å²) < 4.78 is 0. The van der Waals surface area contributed by atoms with Crippen LogP contribution in [0.2, 0.25) is 0 Å². The molecule has 1 rings (SSSR count). The maximum atomic E-state index is 10.0. The van der Waals surface area contributed by atoms with Crippen molar-refractivity contribution in [2.45, 2.75) is 71.8 Å². The molecule has 114 valence electrons. The Morgan fingerprint density at radius 3 is 2.25 bits per heavy atom. The van der Waals surface area contributed by atoms with E-state index in [1.54, 1.807) is 0 Å². The number of para-hydroxylation sites is 1. The Kier molecular flexibility index (Phi) is 8.36. The number of hydrogen-bond donors (Lipinski definition) is 2. The van der Waals surface area contributed by atoms with Crippen molar-refractivity contribution < 1.29 is 5.11 Å². The zero-order valence-corrected chi connectivity index (χ0v) is 13.4. The summed E-state index contributed by atoms with van der Waals surface area (Å²) in [6.07, 6.45) is 8.35. The second-order valence-corrected chi connectivity index (χ2v) is 5.86. The van der Waals surface area contributed by atoms with Crippen LogP contribution in [-0.4, -0.2) is 17.8 Å². The molecule has 0 aliphatic rings. The monoisotopic (exact) mass is 277 g/mol. The molecule has 0 radical (unpaired) electrons. The Bertz CT molecular complexity index is 355. The number of hydrogen-bond acceptors (Lipinski definition) is 2. The van der Waals surface area contributed by atoms with E-state index in [1.807, 2.05) is 0 Å². The van der Waals surface area contributed by atoms with E-state index in [2.05, 4.69) is 44.3 Å². The van der Waals surface area contributed by atoms with Gasteiger partial charge in [-0.25, -0.2) is 0 Å². The zero-order valence-electron chi connectivity index (χ0n) is 13.4. The fraction of sp³-hybridized carbons (Fsp3) is 0.667. The van der Waals surface area contributed by atoms with E-state index in [0.29, 0.717) is 6.54 Å². The number of unbranched alkanes of at least 4 members (excludes halogenated alkanes) is 5. The lowest BCUT2D eigenvalue weighted by atomic mass is 10.1. The molecule has 0 saturated carbocycles. The summed E-state index contributed by atoms with van der Waals surface area (Å²) in [7, 11) is 0. The molecule has 20 heavy (non-hydrogen) atoms. The normalized spacial score (nSPS) is 12.4.